The third-order valence-corrected chi connectivity index (χ3v) is 4.56. The number of carbonyl (C=O) groups is 4. The maximum atomic E-state index is 12.6. The molecule has 2 heterocycles. The molecule has 3 aromatic rings. The number of carbonyl (C=O) groups excluding carboxylic acids is 4. The fourth-order valence-electron chi connectivity index (χ4n) is 3.16. The van der Waals surface area contributed by atoms with Gasteiger partial charge in [-0.3, -0.25) is 14.4 Å². The number of H-pyrrole nitrogens is 1. The topological polar surface area (TPSA) is 130 Å². The molecule has 2 aromatic heterocycles. The zero-order valence-corrected chi connectivity index (χ0v) is 17.2. The van der Waals surface area contributed by atoms with Crippen LogP contribution in [-0.4, -0.2) is 35.7 Å². The van der Waals surface area contributed by atoms with E-state index >= 15 is 0 Å². The second-order valence-corrected chi connectivity index (χ2v) is 6.76. The van der Waals surface area contributed by atoms with Crippen molar-refractivity contribution in [3.8, 4) is 0 Å². The largest absolute Gasteiger partial charge is 0.465 e. The van der Waals surface area contributed by atoms with Crippen LogP contribution in [0.3, 0.4) is 0 Å². The number of amides is 2. The molecular weight excluding hydrogens is 402 g/mol. The van der Waals surface area contributed by atoms with Crippen molar-refractivity contribution >= 4 is 34.9 Å². The van der Waals surface area contributed by atoms with E-state index in [9.17, 15) is 19.2 Å². The van der Waals surface area contributed by atoms with E-state index in [1.165, 1.54) is 26.4 Å². The quantitative estimate of drug-likeness (QED) is 0.395. The summed E-state index contributed by atoms with van der Waals surface area (Å²) in [6.07, 6.45) is 1.22. The Morgan fingerprint density at radius 3 is 2.39 bits per heavy atom. The number of anilines is 2. The third-order valence-electron chi connectivity index (χ3n) is 4.56. The van der Waals surface area contributed by atoms with Crippen molar-refractivity contribution in [2.75, 3.05) is 17.7 Å². The van der Waals surface area contributed by atoms with Gasteiger partial charge in [-0.2, -0.15) is 0 Å². The minimum Gasteiger partial charge on any atom is -0.465 e. The fourth-order valence-corrected chi connectivity index (χ4v) is 3.16. The Morgan fingerprint density at radius 2 is 1.77 bits per heavy atom. The van der Waals surface area contributed by atoms with Crippen molar-refractivity contribution in [3.63, 3.8) is 0 Å². The van der Waals surface area contributed by atoms with Crippen LogP contribution in [0.5, 0.6) is 0 Å². The van der Waals surface area contributed by atoms with E-state index in [0.717, 1.165) is 0 Å². The van der Waals surface area contributed by atoms with Gasteiger partial charge in [0.15, 0.2) is 11.5 Å². The van der Waals surface area contributed by atoms with Crippen LogP contribution in [0.4, 0.5) is 11.4 Å². The number of benzene rings is 1. The summed E-state index contributed by atoms with van der Waals surface area (Å²) in [5.74, 6) is -1.57. The lowest BCUT2D eigenvalue weighted by molar-refractivity contribution is -0.115. The minimum absolute atomic E-state index is 0.160. The van der Waals surface area contributed by atoms with E-state index in [4.69, 9.17) is 9.15 Å². The molecule has 1 aromatic carbocycles. The summed E-state index contributed by atoms with van der Waals surface area (Å²) in [7, 11) is 1.23. The summed E-state index contributed by atoms with van der Waals surface area (Å²) in [4.78, 5) is 51.5. The Kier molecular flexibility index (Phi) is 6.35. The summed E-state index contributed by atoms with van der Waals surface area (Å²) in [5, 5.41) is 5.38. The van der Waals surface area contributed by atoms with Crippen LogP contribution in [-0.2, 0) is 16.0 Å². The van der Waals surface area contributed by atoms with Gasteiger partial charge in [0.05, 0.1) is 31.1 Å². The zero-order valence-electron chi connectivity index (χ0n) is 17.2. The predicted molar refractivity (Wildman–Crippen MR) is 112 cm³/mol. The molecule has 2 amide bonds. The molecule has 3 N–H and O–H groups in total. The van der Waals surface area contributed by atoms with Crippen LogP contribution in [0.2, 0.25) is 0 Å². The smallest absolute Gasteiger partial charge is 0.339 e. The summed E-state index contributed by atoms with van der Waals surface area (Å²) in [6.45, 7) is 2.98. The van der Waals surface area contributed by atoms with Gasteiger partial charge < -0.3 is 24.8 Å². The second-order valence-electron chi connectivity index (χ2n) is 6.76. The van der Waals surface area contributed by atoms with Crippen molar-refractivity contribution in [3.05, 3.63) is 70.9 Å². The number of hydrogen-bond donors (Lipinski definition) is 3. The number of esters is 1. The van der Waals surface area contributed by atoms with Gasteiger partial charge in [0.2, 0.25) is 5.91 Å². The molecule has 0 aliphatic carbocycles. The molecule has 0 aliphatic rings. The van der Waals surface area contributed by atoms with Gasteiger partial charge in [0.25, 0.3) is 5.91 Å². The van der Waals surface area contributed by atoms with Gasteiger partial charge in [0, 0.05) is 24.0 Å². The Bertz CT molecular complexity index is 1140. The van der Waals surface area contributed by atoms with Crippen LogP contribution in [0, 0.1) is 6.92 Å². The van der Waals surface area contributed by atoms with Crippen molar-refractivity contribution in [2.24, 2.45) is 0 Å². The minimum atomic E-state index is -0.633. The number of methoxy groups -OCH3 is 1. The van der Waals surface area contributed by atoms with Gasteiger partial charge in [-0.25, -0.2) is 4.79 Å². The molecule has 0 bridgehead atoms. The normalized spacial score (nSPS) is 10.4. The number of nitrogens with one attached hydrogen (secondary N) is 3. The van der Waals surface area contributed by atoms with Crippen molar-refractivity contribution in [1.29, 1.82) is 0 Å². The molecule has 9 heteroatoms. The maximum Gasteiger partial charge on any atom is 0.339 e. The van der Waals surface area contributed by atoms with E-state index in [-0.39, 0.29) is 34.9 Å². The average Bonchev–Trinajstić information content (AvgIpc) is 3.36. The summed E-state index contributed by atoms with van der Waals surface area (Å²) in [6, 6.07) is 9.71. The average molecular weight is 423 g/mol. The second kappa shape index (κ2) is 9.12. The van der Waals surface area contributed by atoms with Gasteiger partial charge in [-0.05, 0) is 42.8 Å². The first kappa shape index (κ1) is 21.6. The SMILES string of the molecule is COC(=O)c1c(CC(=O)Nc2cccc(NC(=O)c3ccco3)c2)[nH]c(C(C)=O)c1C. The van der Waals surface area contributed by atoms with Crippen molar-refractivity contribution < 1.29 is 28.3 Å². The van der Waals surface area contributed by atoms with E-state index in [1.807, 2.05) is 0 Å². The number of ether oxygens (including phenoxy) is 1. The molecular formula is C22H21N3O6. The highest BCUT2D eigenvalue weighted by atomic mass is 16.5. The highest BCUT2D eigenvalue weighted by Gasteiger charge is 2.24. The van der Waals surface area contributed by atoms with E-state index in [0.29, 0.717) is 16.9 Å². The first-order chi connectivity index (χ1) is 14.8. The number of aromatic amines is 1. The van der Waals surface area contributed by atoms with Crippen LogP contribution in [0.15, 0.2) is 47.1 Å². The molecule has 0 radical (unpaired) electrons. The lowest BCUT2D eigenvalue weighted by Crippen LogP contribution is -2.17. The number of ketones is 1. The van der Waals surface area contributed by atoms with Crippen LogP contribution < -0.4 is 10.6 Å². The molecule has 3 rings (SSSR count). The molecule has 9 nitrogen and oxygen atoms in total. The number of rotatable bonds is 7. The lowest BCUT2D eigenvalue weighted by Gasteiger charge is -2.09. The Morgan fingerprint density at radius 1 is 1.06 bits per heavy atom. The number of furan rings is 1. The molecule has 0 saturated carbocycles. The number of Topliss-reactive ketones (excluding diaryl/α,β-unsaturated/α-hetero) is 1. The first-order valence-electron chi connectivity index (χ1n) is 9.35. The van der Waals surface area contributed by atoms with Gasteiger partial charge in [-0.15, -0.1) is 0 Å². The van der Waals surface area contributed by atoms with Gasteiger partial charge in [0.1, 0.15) is 0 Å². The molecule has 0 fully saturated rings. The highest BCUT2D eigenvalue weighted by Crippen LogP contribution is 2.22. The van der Waals surface area contributed by atoms with Crippen LogP contribution in [0.25, 0.3) is 0 Å². The lowest BCUT2D eigenvalue weighted by atomic mass is 10.1. The zero-order chi connectivity index (χ0) is 22.5. The predicted octanol–water partition coefficient (Wildman–Crippen LogP) is 3.34. The fraction of sp³-hybridized carbons (Fsp3) is 0.182. The Balaban J connectivity index is 1.74. The van der Waals surface area contributed by atoms with E-state index < -0.39 is 17.8 Å². The molecule has 160 valence electrons. The standard InChI is InChI=1S/C22H21N3O6/c1-12-19(22(29)30-3)16(25-20(12)13(2)26)11-18(27)23-14-6-4-7-15(10-14)24-21(28)17-8-5-9-31-17/h4-10,25H,11H2,1-3H3,(H,23,27)(H,24,28). The van der Waals surface area contributed by atoms with Crippen molar-refractivity contribution in [1.82, 2.24) is 4.98 Å². The van der Waals surface area contributed by atoms with Gasteiger partial charge >= 0.3 is 5.97 Å². The monoisotopic (exact) mass is 423 g/mol. The summed E-state index contributed by atoms with van der Waals surface area (Å²) in [5.41, 5.74) is 2.05. The third kappa shape index (κ3) is 4.89. The van der Waals surface area contributed by atoms with Gasteiger partial charge in [-0.1, -0.05) is 6.07 Å². The summed E-state index contributed by atoms with van der Waals surface area (Å²) < 4.78 is 9.83. The van der Waals surface area contributed by atoms with E-state index in [2.05, 4.69) is 15.6 Å². The Labute approximate surface area is 177 Å². The molecule has 31 heavy (non-hydrogen) atoms. The molecule has 0 atom stereocenters. The van der Waals surface area contributed by atoms with E-state index in [1.54, 1.807) is 37.3 Å². The molecule has 0 unspecified atom stereocenters. The summed E-state index contributed by atoms with van der Waals surface area (Å²) >= 11 is 0. The number of hydrogen-bond acceptors (Lipinski definition) is 6. The molecule has 0 aliphatic heterocycles. The number of aromatic nitrogens is 1. The molecule has 0 saturated heterocycles. The first-order valence-corrected chi connectivity index (χ1v) is 9.35. The van der Waals surface area contributed by atoms with Crippen LogP contribution >= 0.6 is 0 Å². The highest BCUT2D eigenvalue weighted by molar-refractivity contribution is 6.04. The van der Waals surface area contributed by atoms with Crippen molar-refractivity contribution in [2.45, 2.75) is 20.3 Å². The molecule has 0 spiro atoms. The van der Waals surface area contributed by atoms with Crippen LogP contribution in [0.1, 0.15) is 49.6 Å². The maximum absolute atomic E-state index is 12.6. The Hall–Kier alpha value is -4.14.